The molecule has 0 spiro atoms. The molecule has 1 unspecified atom stereocenters. The van der Waals surface area contributed by atoms with E-state index < -0.39 is 6.04 Å². The lowest BCUT2D eigenvalue weighted by molar-refractivity contribution is 0.404. The Labute approximate surface area is 208 Å². The zero-order valence-corrected chi connectivity index (χ0v) is 20.3. The molecular formula is C27H23FN4O2S. The van der Waals surface area contributed by atoms with Gasteiger partial charge in [0.2, 0.25) is 5.82 Å². The van der Waals surface area contributed by atoms with Gasteiger partial charge in [0, 0.05) is 17.3 Å². The summed E-state index contributed by atoms with van der Waals surface area (Å²) in [5.41, 5.74) is 5.18. The van der Waals surface area contributed by atoms with Gasteiger partial charge in [0.25, 0.3) is 5.89 Å². The number of aryl methyl sites for hydroxylation is 1. The number of hydrogen-bond donors (Lipinski definition) is 1. The first-order valence-electron chi connectivity index (χ1n) is 11.1. The second-order valence-electron chi connectivity index (χ2n) is 8.26. The van der Waals surface area contributed by atoms with Crippen LogP contribution in [0.1, 0.15) is 30.0 Å². The molecule has 8 heteroatoms. The van der Waals surface area contributed by atoms with Crippen molar-refractivity contribution >= 4 is 28.6 Å². The van der Waals surface area contributed by atoms with E-state index in [0.29, 0.717) is 22.6 Å². The van der Waals surface area contributed by atoms with Crippen LogP contribution in [0.4, 0.5) is 10.1 Å². The molecule has 0 radical (unpaired) electrons. The minimum atomic E-state index is -0.407. The van der Waals surface area contributed by atoms with Gasteiger partial charge in [-0.2, -0.15) is 4.98 Å². The molecule has 6 nitrogen and oxygen atoms in total. The van der Waals surface area contributed by atoms with Gasteiger partial charge in [-0.3, -0.25) is 4.90 Å². The summed E-state index contributed by atoms with van der Waals surface area (Å²) in [5.74, 6) is 1.24. The van der Waals surface area contributed by atoms with Crippen molar-refractivity contribution in [3.05, 3.63) is 101 Å². The SMILES string of the molecule is COc1cccc(N2C(=S)NC(c3ccc(F)cc3)C(c3nc(-c4cccc(C)c4)no3)=C2C)c1. The molecule has 0 saturated heterocycles. The Hall–Kier alpha value is -4.04. The van der Waals surface area contributed by atoms with Crippen molar-refractivity contribution in [1.82, 2.24) is 15.5 Å². The third kappa shape index (κ3) is 4.40. The highest BCUT2D eigenvalue weighted by Gasteiger charge is 2.35. The Morgan fingerprint density at radius 2 is 1.80 bits per heavy atom. The third-order valence-corrected chi connectivity index (χ3v) is 6.23. The zero-order chi connectivity index (χ0) is 24.5. The molecule has 1 aliphatic rings. The van der Waals surface area contributed by atoms with Crippen molar-refractivity contribution in [2.45, 2.75) is 19.9 Å². The predicted octanol–water partition coefficient (Wildman–Crippen LogP) is 6.06. The van der Waals surface area contributed by atoms with Crippen LogP contribution >= 0.6 is 12.2 Å². The minimum absolute atomic E-state index is 0.313. The average Bonchev–Trinajstić information content (AvgIpc) is 3.34. The van der Waals surface area contributed by atoms with Crippen LogP contribution in [-0.2, 0) is 0 Å². The van der Waals surface area contributed by atoms with E-state index in [1.807, 2.05) is 67.3 Å². The van der Waals surface area contributed by atoms with Crippen LogP contribution in [0, 0.1) is 12.7 Å². The maximum absolute atomic E-state index is 13.7. The number of nitrogens with one attached hydrogen (secondary N) is 1. The number of ether oxygens (including phenoxy) is 1. The van der Waals surface area contributed by atoms with E-state index >= 15 is 0 Å². The summed E-state index contributed by atoms with van der Waals surface area (Å²) in [5, 5.41) is 8.12. The summed E-state index contributed by atoms with van der Waals surface area (Å²) in [6.07, 6.45) is 0. The first kappa shape index (κ1) is 22.7. The van der Waals surface area contributed by atoms with Gasteiger partial charge in [0.05, 0.1) is 24.4 Å². The Bertz CT molecular complexity index is 1430. The standard InChI is InChI=1S/C27H23FN4O2S/c1-16-6-4-7-19(14-16)25-30-26(34-31-25)23-17(2)32(21-8-5-9-22(15-21)33-3)27(35)29-24(23)18-10-12-20(28)13-11-18/h4-15,24H,1-3H3,(H,29,35). The molecule has 3 aromatic carbocycles. The number of hydrogen-bond acceptors (Lipinski definition) is 5. The van der Waals surface area contributed by atoms with E-state index in [2.05, 4.69) is 10.5 Å². The second kappa shape index (κ2) is 9.31. The highest BCUT2D eigenvalue weighted by atomic mass is 32.1. The van der Waals surface area contributed by atoms with E-state index in [1.165, 1.54) is 12.1 Å². The lowest BCUT2D eigenvalue weighted by atomic mass is 9.94. The fourth-order valence-corrected chi connectivity index (χ4v) is 4.58. The summed E-state index contributed by atoms with van der Waals surface area (Å²) < 4.78 is 24.9. The smallest absolute Gasteiger partial charge is 0.258 e. The van der Waals surface area contributed by atoms with Crippen molar-refractivity contribution < 1.29 is 13.7 Å². The Morgan fingerprint density at radius 1 is 1.03 bits per heavy atom. The van der Waals surface area contributed by atoms with Crippen LogP contribution in [0.15, 0.2) is 83.0 Å². The molecule has 1 aromatic heterocycles. The van der Waals surface area contributed by atoms with Crippen molar-refractivity contribution in [3.8, 4) is 17.1 Å². The van der Waals surface area contributed by atoms with Crippen molar-refractivity contribution in [2.24, 2.45) is 0 Å². The van der Waals surface area contributed by atoms with E-state index in [0.717, 1.165) is 33.6 Å². The average molecular weight is 487 g/mol. The third-order valence-electron chi connectivity index (χ3n) is 5.93. The first-order chi connectivity index (χ1) is 16.9. The number of allylic oxidation sites excluding steroid dienone is 1. The van der Waals surface area contributed by atoms with Crippen LogP contribution in [0.2, 0.25) is 0 Å². The molecule has 5 rings (SSSR count). The Balaban J connectivity index is 1.66. The summed E-state index contributed by atoms with van der Waals surface area (Å²) in [6, 6.07) is 21.4. The number of benzene rings is 3. The quantitative estimate of drug-likeness (QED) is 0.344. The van der Waals surface area contributed by atoms with Crippen LogP contribution in [0.5, 0.6) is 5.75 Å². The van der Waals surface area contributed by atoms with Crippen molar-refractivity contribution in [2.75, 3.05) is 12.0 Å². The number of nitrogens with zero attached hydrogens (tertiary/aromatic N) is 3. The highest BCUT2D eigenvalue weighted by Crippen LogP contribution is 2.39. The van der Waals surface area contributed by atoms with E-state index in [1.54, 1.807) is 19.2 Å². The molecule has 1 aliphatic heterocycles. The van der Waals surface area contributed by atoms with E-state index in [4.69, 9.17) is 26.5 Å². The maximum atomic E-state index is 13.7. The van der Waals surface area contributed by atoms with E-state index in [-0.39, 0.29) is 5.82 Å². The number of aromatic nitrogens is 2. The Kier molecular flexibility index (Phi) is 6.05. The van der Waals surface area contributed by atoms with Crippen LogP contribution < -0.4 is 15.0 Å². The molecule has 4 aromatic rings. The summed E-state index contributed by atoms with van der Waals surface area (Å²) in [6.45, 7) is 3.97. The number of rotatable bonds is 5. The van der Waals surface area contributed by atoms with Gasteiger partial charge >= 0.3 is 0 Å². The van der Waals surface area contributed by atoms with Gasteiger partial charge in [-0.05, 0) is 62.0 Å². The molecule has 0 amide bonds. The zero-order valence-electron chi connectivity index (χ0n) is 19.4. The normalized spacial score (nSPS) is 15.8. The number of anilines is 1. The van der Waals surface area contributed by atoms with E-state index in [9.17, 15) is 4.39 Å². The maximum Gasteiger partial charge on any atom is 0.258 e. The van der Waals surface area contributed by atoms with Gasteiger partial charge in [-0.1, -0.05) is 47.1 Å². The van der Waals surface area contributed by atoms with Crippen molar-refractivity contribution in [1.29, 1.82) is 0 Å². The van der Waals surface area contributed by atoms with Gasteiger partial charge < -0.3 is 14.6 Å². The second-order valence-corrected chi connectivity index (χ2v) is 8.65. The number of halogens is 1. The summed E-state index contributed by atoms with van der Waals surface area (Å²) >= 11 is 5.77. The molecule has 1 N–H and O–H groups in total. The molecule has 1 atom stereocenters. The first-order valence-corrected chi connectivity index (χ1v) is 11.5. The van der Waals surface area contributed by atoms with Gasteiger partial charge in [-0.15, -0.1) is 0 Å². The van der Waals surface area contributed by atoms with Crippen LogP contribution in [-0.4, -0.2) is 22.4 Å². The fourth-order valence-electron chi connectivity index (χ4n) is 4.22. The molecule has 0 aliphatic carbocycles. The summed E-state index contributed by atoms with van der Waals surface area (Å²) in [7, 11) is 1.62. The lowest BCUT2D eigenvalue weighted by Gasteiger charge is -2.37. The number of thiocarbonyl (C=S) groups is 1. The number of methoxy groups -OCH3 is 1. The molecule has 0 fully saturated rings. The topological polar surface area (TPSA) is 63.4 Å². The summed E-state index contributed by atoms with van der Waals surface area (Å²) in [4.78, 5) is 6.64. The molecule has 2 heterocycles. The molecule has 0 saturated carbocycles. The lowest BCUT2D eigenvalue weighted by Crippen LogP contribution is -2.46. The van der Waals surface area contributed by atoms with Gasteiger partial charge in [0.15, 0.2) is 5.11 Å². The monoisotopic (exact) mass is 486 g/mol. The Morgan fingerprint density at radius 3 is 2.54 bits per heavy atom. The molecule has 35 heavy (non-hydrogen) atoms. The predicted molar refractivity (Wildman–Crippen MR) is 137 cm³/mol. The fraction of sp³-hybridized carbons (Fsp3) is 0.148. The molecule has 176 valence electrons. The van der Waals surface area contributed by atoms with Crippen LogP contribution in [0.3, 0.4) is 0 Å². The van der Waals surface area contributed by atoms with Crippen molar-refractivity contribution in [3.63, 3.8) is 0 Å². The molecule has 0 bridgehead atoms. The highest BCUT2D eigenvalue weighted by molar-refractivity contribution is 7.80. The van der Waals surface area contributed by atoms with Crippen LogP contribution in [0.25, 0.3) is 17.0 Å². The van der Waals surface area contributed by atoms with Gasteiger partial charge in [-0.25, -0.2) is 4.39 Å². The van der Waals surface area contributed by atoms with Gasteiger partial charge in [0.1, 0.15) is 11.6 Å². The minimum Gasteiger partial charge on any atom is -0.497 e. The largest absolute Gasteiger partial charge is 0.497 e. The molecular weight excluding hydrogens is 463 g/mol.